The first-order valence-electron chi connectivity index (χ1n) is 6.74. The molecule has 0 atom stereocenters. The summed E-state index contributed by atoms with van der Waals surface area (Å²) in [6.07, 6.45) is 7.92. The third kappa shape index (κ3) is 211. The fourth-order valence-corrected chi connectivity index (χ4v) is 0. The standard InChI is InChI=1S/3C4H10.C2H6.3BrH/c3*1-3-4-2;1-2;;;/h3*3-4H2,1-2H3;1-2H3;3*1H. The fraction of sp³-hybridized carbons (Fsp3) is 1.00. The molecule has 0 nitrogen and oxygen atoms in total. The lowest BCUT2D eigenvalue weighted by molar-refractivity contribution is 0.886. The van der Waals surface area contributed by atoms with E-state index in [0.717, 1.165) is 0 Å². The molecule has 0 N–H and O–H groups in total. The van der Waals surface area contributed by atoms with E-state index in [-0.39, 0.29) is 50.9 Å². The molecule has 0 aromatic rings. The molecule has 0 aliphatic carbocycles. The van der Waals surface area contributed by atoms with Gasteiger partial charge < -0.3 is 0 Å². The van der Waals surface area contributed by atoms with Crippen molar-refractivity contribution in [3.8, 4) is 0 Å². The zero-order chi connectivity index (χ0) is 12.2. The van der Waals surface area contributed by atoms with Gasteiger partial charge in [-0.15, -0.1) is 50.9 Å². The fourth-order valence-electron chi connectivity index (χ4n) is 0. The van der Waals surface area contributed by atoms with E-state index in [1.807, 2.05) is 13.8 Å². The van der Waals surface area contributed by atoms with E-state index >= 15 is 0 Å². The lowest BCUT2D eigenvalue weighted by Crippen LogP contribution is -1.47. The summed E-state index contributed by atoms with van der Waals surface area (Å²) in [6, 6.07) is 0. The Bertz CT molecular complexity index is 26.9. The lowest BCUT2D eigenvalue weighted by atomic mass is 10.4. The van der Waals surface area contributed by atoms with Crippen molar-refractivity contribution in [3.63, 3.8) is 0 Å². The van der Waals surface area contributed by atoms with Crippen LogP contribution in [0, 0.1) is 0 Å². The van der Waals surface area contributed by atoms with Gasteiger partial charge in [-0.2, -0.15) is 0 Å². The molecule has 0 bridgehead atoms. The Morgan fingerprint density at radius 3 is 0.412 bits per heavy atom. The number of rotatable bonds is 3. The zero-order valence-electron chi connectivity index (χ0n) is 13.5. The Hall–Kier alpha value is 1.44. The summed E-state index contributed by atoms with van der Waals surface area (Å²) in [6.45, 7) is 17.1. The lowest BCUT2D eigenvalue weighted by Gasteiger charge is -1.68. The summed E-state index contributed by atoms with van der Waals surface area (Å²) in [4.78, 5) is 0. The molecule has 0 heterocycles. The van der Waals surface area contributed by atoms with Crippen LogP contribution >= 0.6 is 50.9 Å². The van der Waals surface area contributed by atoms with Crippen molar-refractivity contribution in [1.29, 1.82) is 0 Å². The van der Waals surface area contributed by atoms with Crippen LogP contribution < -0.4 is 0 Å². The maximum atomic E-state index is 2.18. The first kappa shape index (κ1) is 42.9. The van der Waals surface area contributed by atoms with Crippen molar-refractivity contribution in [2.24, 2.45) is 0 Å². The van der Waals surface area contributed by atoms with Gasteiger partial charge in [0, 0.05) is 0 Å². The Morgan fingerprint density at radius 2 is 0.412 bits per heavy atom. The van der Waals surface area contributed by atoms with E-state index in [0.29, 0.717) is 0 Å². The Morgan fingerprint density at radius 1 is 0.353 bits per heavy atom. The summed E-state index contributed by atoms with van der Waals surface area (Å²) in [5.41, 5.74) is 0. The van der Waals surface area contributed by atoms with Crippen LogP contribution in [0.1, 0.15) is 93.9 Å². The highest BCUT2D eigenvalue weighted by Gasteiger charge is 1.57. The average molecular weight is 447 g/mol. The van der Waals surface area contributed by atoms with Gasteiger partial charge in [-0.1, -0.05) is 93.9 Å². The molecule has 116 valence electrons. The van der Waals surface area contributed by atoms with Crippen LogP contribution in [0.2, 0.25) is 0 Å². The molecule has 17 heavy (non-hydrogen) atoms. The summed E-state index contributed by atoms with van der Waals surface area (Å²) < 4.78 is 0. The summed E-state index contributed by atoms with van der Waals surface area (Å²) in [7, 11) is 0. The summed E-state index contributed by atoms with van der Waals surface area (Å²) in [5.74, 6) is 0. The highest BCUT2D eigenvalue weighted by Crippen LogP contribution is 1.77. The second-order valence-electron chi connectivity index (χ2n) is 3.00. The second-order valence-corrected chi connectivity index (χ2v) is 3.00. The van der Waals surface area contributed by atoms with Crippen molar-refractivity contribution < 1.29 is 0 Å². The topological polar surface area (TPSA) is 0 Å². The Labute approximate surface area is 144 Å². The van der Waals surface area contributed by atoms with Crippen LogP contribution in [0.5, 0.6) is 0 Å². The van der Waals surface area contributed by atoms with Crippen LogP contribution in [0.15, 0.2) is 0 Å². The van der Waals surface area contributed by atoms with Crippen LogP contribution in [0.3, 0.4) is 0 Å². The molecule has 0 aromatic carbocycles. The van der Waals surface area contributed by atoms with Crippen molar-refractivity contribution in [2.45, 2.75) is 93.9 Å². The number of hydrogen-bond donors (Lipinski definition) is 0. The molecule has 3 heteroatoms. The summed E-state index contributed by atoms with van der Waals surface area (Å²) in [5, 5.41) is 0. The molecule has 0 unspecified atom stereocenters. The first-order valence-corrected chi connectivity index (χ1v) is 6.74. The number of unbranched alkanes of at least 4 members (excludes halogenated alkanes) is 3. The Kier molecular flexibility index (Phi) is 215. The van der Waals surface area contributed by atoms with E-state index in [1.54, 1.807) is 0 Å². The first-order chi connectivity index (χ1) is 6.74. The maximum Gasteiger partial charge on any atom is -0.0564 e. The van der Waals surface area contributed by atoms with Gasteiger partial charge in [0.15, 0.2) is 0 Å². The monoisotopic (exact) mass is 444 g/mol. The van der Waals surface area contributed by atoms with Crippen molar-refractivity contribution >= 4 is 50.9 Å². The van der Waals surface area contributed by atoms with Gasteiger partial charge >= 0.3 is 0 Å². The maximum absolute atomic E-state index is 2.18. The van der Waals surface area contributed by atoms with Gasteiger partial charge in [-0.05, 0) is 0 Å². The predicted octanol–water partition coefficient (Wildman–Crippen LogP) is 8.18. The molecule has 0 aliphatic rings. The highest BCUT2D eigenvalue weighted by atomic mass is 79.9. The smallest absolute Gasteiger partial charge is 0.0564 e. The van der Waals surface area contributed by atoms with Gasteiger partial charge in [0.25, 0.3) is 0 Å². The molecule has 0 amide bonds. The van der Waals surface area contributed by atoms with Crippen molar-refractivity contribution in [2.75, 3.05) is 0 Å². The second kappa shape index (κ2) is 85.2. The third-order valence-electron chi connectivity index (χ3n) is 1.50. The van der Waals surface area contributed by atoms with Gasteiger partial charge in [-0.3, -0.25) is 0 Å². The van der Waals surface area contributed by atoms with Crippen molar-refractivity contribution in [1.82, 2.24) is 0 Å². The SMILES string of the molecule is Br.Br.Br.CC.CCCC.CCCC.CCCC. The minimum Gasteiger partial charge on any atom is -0.114 e. The zero-order valence-corrected chi connectivity index (χ0v) is 18.6. The van der Waals surface area contributed by atoms with E-state index in [2.05, 4.69) is 41.5 Å². The molecule has 0 rings (SSSR count). The van der Waals surface area contributed by atoms with Gasteiger partial charge in [0.1, 0.15) is 0 Å². The molecule has 0 spiro atoms. The molecule has 0 saturated carbocycles. The molecular formula is C14H39Br3. The van der Waals surface area contributed by atoms with Crippen molar-refractivity contribution in [3.05, 3.63) is 0 Å². The molecule has 0 aromatic heterocycles. The van der Waals surface area contributed by atoms with Crippen LogP contribution in [0.25, 0.3) is 0 Å². The molecular weight excluding hydrogens is 408 g/mol. The molecule has 0 fully saturated rings. The number of hydrogen-bond acceptors (Lipinski definition) is 0. The Balaban J connectivity index is -0.0000000152. The highest BCUT2D eigenvalue weighted by molar-refractivity contribution is 8.93. The third-order valence-corrected chi connectivity index (χ3v) is 1.50. The molecule has 0 saturated heterocycles. The van der Waals surface area contributed by atoms with Gasteiger partial charge in [0.05, 0.1) is 0 Å². The normalized spacial score (nSPS) is 5.65. The van der Waals surface area contributed by atoms with Crippen LogP contribution in [0.4, 0.5) is 0 Å². The van der Waals surface area contributed by atoms with Gasteiger partial charge in [0.2, 0.25) is 0 Å². The van der Waals surface area contributed by atoms with E-state index in [9.17, 15) is 0 Å². The minimum atomic E-state index is 0. The number of halogens is 3. The average Bonchev–Trinajstić information content (AvgIpc) is 2.31. The minimum absolute atomic E-state index is 0. The molecule has 0 aliphatic heterocycles. The van der Waals surface area contributed by atoms with Crippen LogP contribution in [-0.2, 0) is 0 Å². The summed E-state index contributed by atoms with van der Waals surface area (Å²) >= 11 is 0. The largest absolute Gasteiger partial charge is 0.114 e. The van der Waals surface area contributed by atoms with E-state index in [4.69, 9.17) is 0 Å². The van der Waals surface area contributed by atoms with E-state index < -0.39 is 0 Å². The molecule has 0 radical (unpaired) electrons. The van der Waals surface area contributed by atoms with Gasteiger partial charge in [-0.25, -0.2) is 0 Å². The van der Waals surface area contributed by atoms with Crippen LogP contribution in [-0.4, -0.2) is 0 Å². The predicted molar refractivity (Wildman–Crippen MR) is 104 cm³/mol. The van der Waals surface area contributed by atoms with E-state index in [1.165, 1.54) is 38.5 Å². The quantitative estimate of drug-likeness (QED) is 0.409.